The van der Waals surface area contributed by atoms with Gasteiger partial charge in [-0.05, 0) is 31.0 Å². The highest BCUT2D eigenvalue weighted by Crippen LogP contribution is 2.23. The third-order valence-electron chi connectivity index (χ3n) is 4.05. The van der Waals surface area contributed by atoms with Crippen LogP contribution in [0.25, 0.3) is 0 Å². The summed E-state index contributed by atoms with van der Waals surface area (Å²) < 4.78 is 0. The van der Waals surface area contributed by atoms with Gasteiger partial charge in [-0.15, -0.1) is 5.10 Å². The Balaban J connectivity index is 1.60. The molecule has 1 unspecified atom stereocenters. The van der Waals surface area contributed by atoms with Gasteiger partial charge in [-0.25, -0.2) is 0 Å². The standard InChI is InChI=1S/C20H20N4O2S/c1-13-8-6-7-11-16(13)21-18(25)12-17-19(26)22-20(27-17)24-23-14(2)15-9-4-3-5-10-15/h3-11,17H,12H2,1-2H3,(H,21,25)(H,22,24,26)/b23-14+. The van der Waals surface area contributed by atoms with Gasteiger partial charge in [0.2, 0.25) is 11.8 Å². The van der Waals surface area contributed by atoms with Crippen molar-refractivity contribution >= 4 is 40.1 Å². The van der Waals surface area contributed by atoms with E-state index in [2.05, 4.69) is 20.8 Å². The van der Waals surface area contributed by atoms with Crippen LogP contribution in [0.2, 0.25) is 0 Å². The minimum atomic E-state index is -0.514. The second-order valence-corrected chi connectivity index (χ2v) is 7.31. The van der Waals surface area contributed by atoms with Crippen molar-refractivity contribution < 1.29 is 9.59 Å². The Hall–Kier alpha value is -2.93. The van der Waals surface area contributed by atoms with Crippen molar-refractivity contribution in [3.8, 4) is 0 Å². The van der Waals surface area contributed by atoms with E-state index in [9.17, 15) is 9.59 Å². The highest BCUT2D eigenvalue weighted by atomic mass is 32.2. The molecule has 0 radical (unpaired) electrons. The lowest BCUT2D eigenvalue weighted by Crippen LogP contribution is -2.28. The van der Waals surface area contributed by atoms with Crippen LogP contribution >= 0.6 is 11.8 Å². The Kier molecular flexibility index (Phi) is 6.03. The van der Waals surface area contributed by atoms with Crippen LogP contribution in [0.15, 0.2) is 64.8 Å². The third-order valence-corrected chi connectivity index (χ3v) is 5.12. The number of carbonyl (C=O) groups excluding carboxylic acids is 2. The van der Waals surface area contributed by atoms with Crippen molar-refractivity contribution in [3.05, 3.63) is 65.7 Å². The van der Waals surface area contributed by atoms with Crippen LogP contribution in [0, 0.1) is 6.92 Å². The molecule has 2 N–H and O–H groups in total. The van der Waals surface area contributed by atoms with Crippen LogP contribution in [-0.2, 0) is 9.59 Å². The van der Waals surface area contributed by atoms with E-state index in [-0.39, 0.29) is 18.2 Å². The fourth-order valence-corrected chi connectivity index (χ4v) is 3.44. The van der Waals surface area contributed by atoms with E-state index < -0.39 is 5.25 Å². The van der Waals surface area contributed by atoms with E-state index in [0.717, 1.165) is 22.5 Å². The number of thioether (sulfide) groups is 1. The van der Waals surface area contributed by atoms with Crippen molar-refractivity contribution in [2.75, 3.05) is 5.32 Å². The Bertz CT molecular complexity index is 909. The van der Waals surface area contributed by atoms with Gasteiger partial charge in [0.25, 0.3) is 0 Å². The molecule has 1 heterocycles. The van der Waals surface area contributed by atoms with Crippen LogP contribution < -0.4 is 10.6 Å². The molecule has 1 fully saturated rings. The summed E-state index contributed by atoms with van der Waals surface area (Å²) in [5.41, 5.74) is 3.44. The Labute approximate surface area is 162 Å². The quantitative estimate of drug-likeness (QED) is 0.616. The molecule has 1 saturated heterocycles. The first-order valence-corrected chi connectivity index (χ1v) is 9.41. The summed E-state index contributed by atoms with van der Waals surface area (Å²) in [6.07, 6.45) is 0.0746. The summed E-state index contributed by atoms with van der Waals surface area (Å²) in [6.45, 7) is 3.78. The van der Waals surface area contributed by atoms with E-state index >= 15 is 0 Å². The van der Waals surface area contributed by atoms with Crippen LogP contribution in [0.5, 0.6) is 0 Å². The molecular formula is C20H20N4O2S. The van der Waals surface area contributed by atoms with Gasteiger partial charge < -0.3 is 10.6 Å². The number of carbonyl (C=O) groups is 2. The zero-order valence-electron chi connectivity index (χ0n) is 15.1. The number of amidine groups is 1. The number of hydrogen-bond donors (Lipinski definition) is 2. The molecule has 138 valence electrons. The maximum absolute atomic E-state index is 12.3. The number of rotatable bonds is 5. The van der Waals surface area contributed by atoms with Gasteiger partial charge in [0.05, 0.1) is 5.71 Å². The van der Waals surface area contributed by atoms with E-state index in [1.165, 1.54) is 11.8 Å². The van der Waals surface area contributed by atoms with E-state index in [1.807, 2.05) is 68.4 Å². The summed E-state index contributed by atoms with van der Waals surface area (Å²) in [5.74, 6) is -0.437. The summed E-state index contributed by atoms with van der Waals surface area (Å²) in [7, 11) is 0. The monoisotopic (exact) mass is 380 g/mol. The third kappa shape index (κ3) is 5.04. The van der Waals surface area contributed by atoms with Crippen LogP contribution in [0.3, 0.4) is 0 Å². The molecule has 1 aliphatic rings. The zero-order chi connectivity index (χ0) is 19.2. The van der Waals surface area contributed by atoms with Crippen molar-refractivity contribution in [3.63, 3.8) is 0 Å². The SMILES string of the molecule is C/C(=N\N=C1/NC(=O)C(CC(=O)Nc2ccccc2C)S1)c1ccccc1. The predicted octanol–water partition coefficient (Wildman–Crippen LogP) is 3.34. The minimum Gasteiger partial charge on any atom is -0.326 e. The molecule has 27 heavy (non-hydrogen) atoms. The van der Waals surface area contributed by atoms with E-state index in [0.29, 0.717) is 5.17 Å². The summed E-state index contributed by atoms with van der Waals surface area (Å²) in [6, 6.07) is 17.2. The molecule has 0 saturated carbocycles. The molecule has 0 bridgehead atoms. The molecule has 2 amide bonds. The molecule has 6 nitrogen and oxygen atoms in total. The lowest BCUT2D eigenvalue weighted by Gasteiger charge is -2.09. The average molecular weight is 380 g/mol. The predicted molar refractivity (Wildman–Crippen MR) is 110 cm³/mol. The van der Waals surface area contributed by atoms with E-state index in [4.69, 9.17) is 0 Å². The summed E-state index contributed by atoms with van der Waals surface area (Å²) in [5, 5.41) is 13.7. The molecule has 0 aliphatic carbocycles. The number of benzene rings is 2. The summed E-state index contributed by atoms with van der Waals surface area (Å²) in [4.78, 5) is 24.4. The van der Waals surface area contributed by atoms with Gasteiger partial charge in [-0.1, -0.05) is 60.3 Å². The maximum atomic E-state index is 12.3. The fourth-order valence-electron chi connectivity index (χ4n) is 2.53. The number of nitrogens with zero attached hydrogens (tertiary/aromatic N) is 2. The molecule has 0 spiro atoms. The van der Waals surface area contributed by atoms with Gasteiger partial charge >= 0.3 is 0 Å². The zero-order valence-corrected chi connectivity index (χ0v) is 15.9. The lowest BCUT2D eigenvalue weighted by atomic mass is 10.1. The number of hydrogen-bond acceptors (Lipinski definition) is 5. The van der Waals surface area contributed by atoms with Gasteiger partial charge in [-0.3, -0.25) is 9.59 Å². The largest absolute Gasteiger partial charge is 0.326 e. The van der Waals surface area contributed by atoms with Gasteiger partial charge in [0.1, 0.15) is 5.25 Å². The highest BCUT2D eigenvalue weighted by Gasteiger charge is 2.32. The average Bonchev–Trinajstić information content (AvgIpc) is 3.01. The number of amides is 2. The molecule has 2 aromatic carbocycles. The lowest BCUT2D eigenvalue weighted by molar-refractivity contribution is -0.122. The fraction of sp³-hybridized carbons (Fsp3) is 0.200. The summed E-state index contributed by atoms with van der Waals surface area (Å²) >= 11 is 1.22. The molecule has 1 aliphatic heterocycles. The number of aryl methyl sites for hydroxylation is 1. The molecule has 2 aromatic rings. The second kappa shape index (κ2) is 8.64. The molecular weight excluding hydrogens is 360 g/mol. The number of anilines is 1. The first kappa shape index (κ1) is 18.8. The Morgan fingerprint density at radius 1 is 1.15 bits per heavy atom. The van der Waals surface area contributed by atoms with Crippen molar-refractivity contribution in [1.82, 2.24) is 5.32 Å². The van der Waals surface area contributed by atoms with Crippen molar-refractivity contribution in [2.24, 2.45) is 10.2 Å². The van der Waals surface area contributed by atoms with E-state index in [1.54, 1.807) is 0 Å². The van der Waals surface area contributed by atoms with Crippen molar-refractivity contribution in [2.45, 2.75) is 25.5 Å². The smallest absolute Gasteiger partial charge is 0.240 e. The molecule has 3 rings (SSSR count). The topological polar surface area (TPSA) is 82.9 Å². The van der Waals surface area contributed by atoms with Gasteiger partial charge in [0, 0.05) is 12.1 Å². The van der Waals surface area contributed by atoms with Crippen LogP contribution in [0.1, 0.15) is 24.5 Å². The first-order valence-electron chi connectivity index (χ1n) is 8.53. The minimum absolute atomic E-state index is 0.0746. The van der Waals surface area contributed by atoms with Crippen molar-refractivity contribution in [1.29, 1.82) is 0 Å². The Morgan fingerprint density at radius 2 is 1.85 bits per heavy atom. The highest BCUT2D eigenvalue weighted by molar-refractivity contribution is 8.15. The number of para-hydroxylation sites is 1. The van der Waals surface area contributed by atoms with Gasteiger partial charge in [-0.2, -0.15) is 5.10 Å². The molecule has 7 heteroatoms. The Morgan fingerprint density at radius 3 is 2.59 bits per heavy atom. The first-order chi connectivity index (χ1) is 13.0. The number of nitrogens with one attached hydrogen (secondary N) is 2. The second-order valence-electron chi connectivity index (χ2n) is 6.12. The molecule has 0 aromatic heterocycles. The van der Waals surface area contributed by atoms with Crippen LogP contribution in [-0.4, -0.2) is 27.9 Å². The maximum Gasteiger partial charge on any atom is 0.240 e. The van der Waals surface area contributed by atoms with Crippen LogP contribution in [0.4, 0.5) is 5.69 Å². The molecule has 1 atom stereocenters. The van der Waals surface area contributed by atoms with Gasteiger partial charge in [0.15, 0.2) is 5.17 Å². The normalized spacial score (nSPS) is 18.4.